The minimum atomic E-state index is -2.66. The molecule has 1 fully saturated rings. The van der Waals surface area contributed by atoms with Crippen molar-refractivity contribution in [3.63, 3.8) is 0 Å². The number of rotatable bonds is 2. The standard InChI is InChI=1S/C13H15F2NO2/c1-18-12(17)10-4-2-9(3-5-10)11-6-13(14,15)8-16-7-11/h2-5,11,16H,6-8H2,1H3. The lowest BCUT2D eigenvalue weighted by Crippen LogP contribution is -2.42. The summed E-state index contributed by atoms with van der Waals surface area (Å²) in [5.74, 6) is -3.31. The number of halogens is 2. The molecule has 1 heterocycles. The quantitative estimate of drug-likeness (QED) is 0.823. The highest BCUT2D eigenvalue weighted by Crippen LogP contribution is 2.32. The Kier molecular flexibility index (Phi) is 3.61. The van der Waals surface area contributed by atoms with Crippen molar-refractivity contribution < 1.29 is 18.3 Å². The summed E-state index contributed by atoms with van der Waals surface area (Å²) in [5, 5.41) is 2.73. The number of carbonyl (C=O) groups excluding carboxylic acids is 1. The normalized spacial score (nSPS) is 22.5. The molecule has 98 valence electrons. The van der Waals surface area contributed by atoms with Gasteiger partial charge in [-0.25, -0.2) is 13.6 Å². The largest absolute Gasteiger partial charge is 0.465 e. The van der Waals surface area contributed by atoms with E-state index in [-0.39, 0.29) is 18.9 Å². The van der Waals surface area contributed by atoms with Crippen molar-refractivity contribution in [1.82, 2.24) is 5.32 Å². The van der Waals surface area contributed by atoms with Gasteiger partial charge in [-0.05, 0) is 17.7 Å². The van der Waals surface area contributed by atoms with Crippen LogP contribution in [0.2, 0.25) is 0 Å². The van der Waals surface area contributed by atoms with Gasteiger partial charge >= 0.3 is 5.97 Å². The Balaban J connectivity index is 2.12. The highest BCUT2D eigenvalue weighted by atomic mass is 19.3. The molecule has 1 aromatic rings. The Morgan fingerprint density at radius 3 is 2.61 bits per heavy atom. The molecular formula is C13H15F2NO2. The topological polar surface area (TPSA) is 38.3 Å². The number of alkyl halides is 2. The van der Waals surface area contributed by atoms with Crippen molar-refractivity contribution in [2.45, 2.75) is 18.3 Å². The van der Waals surface area contributed by atoms with Crippen molar-refractivity contribution in [3.05, 3.63) is 35.4 Å². The maximum atomic E-state index is 13.3. The first-order valence-electron chi connectivity index (χ1n) is 5.79. The SMILES string of the molecule is COC(=O)c1ccc(C2CNCC(F)(F)C2)cc1. The number of nitrogens with one attached hydrogen (secondary N) is 1. The maximum Gasteiger partial charge on any atom is 0.337 e. The van der Waals surface area contributed by atoms with Crippen LogP contribution in [0, 0.1) is 0 Å². The molecule has 0 aliphatic carbocycles. The van der Waals surface area contributed by atoms with E-state index in [1.165, 1.54) is 7.11 Å². The molecule has 1 N–H and O–H groups in total. The van der Waals surface area contributed by atoms with Crippen LogP contribution in [0.3, 0.4) is 0 Å². The zero-order chi connectivity index (χ0) is 13.2. The maximum absolute atomic E-state index is 13.3. The van der Waals surface area contributed by atoms with Gasteiger partial charge in [0, 0.05) is 18.9 Å². The summed E-state index contributed by atoms with van der Waals surface area (Å²) in [6, 6.07) is 6.63. The van der Waals surface area contributed by atoms with Crippen molar-refractivity contribution in [2.24, 2.45) is 0 Å². The molecule has 1 aromatic carbocycles. The van der Waals surface area contributed by atoms with E-state index in [1.54, 1.807) is 24.3 Å². The lowest BCUT2D eigenvalue weighted by molar-refractivity contribution is -0.0277. The number of benzene rings is 1. The van der Waals surface area contributed by atoms with Crippen LogP contribution in [0.4, 0.5) is 8.78 Å². The number of methoxy groups -OCH3 is 1. The molecule has 3 nitrogen and oxygen atoms in total. The van der Waals surface area contributed by atoms with E-state index in [9.17, 15) is 13.6 Å². The van der Waals surface area contributed by atoms with Gasteiger partial charge < -0.3 is 10.1 Å². The Morgan fingerprint density at radius 2 is 2.06 bits per heavy atom. The van der Waals surface area contributed by atoms with E-state index in [1.807, 2.05) is 0 Å². The van der Waals surface area contributed by atoms with E-state index in [0.717, 1.165) is 5.56 Å². The first kappa shape index (κ1) is 13.0. The molecule has 0 amide bonds. The molecule has 0 aromatic heterocycles. The van der Waals surface area contributed by atoms with Gasteiger partial charge in [0.2, 0.25) is 0 Å². The van der Waals surface area contributed by atoms with Crippen LogP contribution >= 0.6 is 0 Å². The Labute approximate surface area is 104 Å². The second-order valence-corrected chi connectivity index (χ2v) is 4.50. The molecule has 1 saturated heterocycles. The summed E-state index contributed by atoms with van der Waals surface area (Å²) in [7, 11) is 1.31. The van der Waals surface area contributed by atoms with Crippen LogP contribution in [0.1, 0.15) is 28.3 Å². The van der Waals surface area contributed by atoms with Gasteiger partial charge in [-0.3, -0.25) is 0 Å². The summed E-state index contributed by atoms with van der Waals surface area (Å²) in [6.45, 7) is 0.275. The predicted molar refractivity (Wildman–Crippen MR) is 63.0 cm³/mol. The third-order valence-corrected chi connectivity index (χ3v) is 3.12. The second-order valence-electron chi connectivity index (χ2n) is 4.50. The molecule has 0 bridgehead atoms. The summed E-state index contributed by atoms with van der Waals surface area (Å²) in [4.78, 5) is 11.2. The van der Waals surface area contributed by atoms with E-state index in [0.29, 0.717) is 12.1 Å². The fourth-order valence-corrected chi connectivity index (χ4v) is 2.18. The van der Waals surface area contributed by atoms with Gasteiger partial charge in [0.1, 0.15) is 0 Å². The van der Waals surface area contributed by atoms with Crippen molar-refractivity contribution in [2.75, 3.05) is 20.2 Å². The van der Waals surface area contributed by atoms with Crippen molar-refractivity contribution >= 4 is 5.97 Å². The smallest absolute Gasteiger partial charge is 0.337 e. The molecule has 1 unspecified atom stereocenters. The van der Waals surface area contributed by atoms with Gasteiger partial charge in [-0.15, -0.1) is 0 Å². The molecule has 0 radical (unpaired) electrons. The van der Waals surface area contributed by atoms with Crippen LogP contribution in [0.25, 0.3) is 0 Å². The van der Waals surface area contributed by atoms with E-state index < -0.39 is 11.9 Å². The first-order valence-corrected chi connectivity index (χ1v) is 5.79. The second kappa shape index (κ2) is 5.02. The molecule has 5 heteroatoms. The summed E-state index contributed by atoms with van der Waals surface area (Å²) in [5.41, 5.74) is 1.24. The Morgan fingerprint density at radius 1 is 1.39 bits per heavy atom. The van der Waals surface area contributed by atoms with Gasteiger partial charge in [0.25, 0.3) is 5.92 Å². The molecule has 2 rings (SSSR count). The number of piperidine rings is 1. The zero-order valence-corrected chi connectivity index (χ0v) is 10.1. The molecule has 0 spiro atoms. The fraction of sp³-hybridized carbons (Fsp3) is 0.462. The molecular weight excluding hydrogens is 240 g/mol. The van der Waals surface area contributed by atoms with Crippen LogP contribution in [-0.4, -0.2) is 32.1 Å². The van der Waals surface area contributed by atoms with Gasteiger partial charge in [-0.1, -0.05) is 12.1 Å². The number of esters is 1. The third-order valence-electron chi connectivity index (χ3n) is 3.12. The van der Waals surface area contributed by atoms with Gasteiger partial charge in [-0.2, -0.15) is 0 Å². The van der Waals surface area contributed by atoms with Crippen molar-refractivity contribution in [1.29, 1.82) is 0 Å². The minimum Gasteiger partial charge on any atom is -0.465 e. The van der Waals surface area contributed by atoms with Gasteiger partial charge in [0.15, 0.2) is 0 Å². The highest BCUT2D eigenvalue weighted by molar-refractivity contribution is 5.89. The van der Waals surface area contributed by atoms with Crippen LogP contribution in [0.5, 0.6) is 0 Å². The van der Waals surface area contributed by atoms with Crippen molar-refractivity contribution in [3.8, 4) is 0 Å². The number of ether oxygens (including phenoxy) is 1. The van der Waals surface area contributed by atoms with Crippen LogP contribution < -0.4 is 5.32 Å². The fourth-order valence-electron chi connectivity index (χ4n) is 2.18. The van der Waals surface area contributed by atoms with Crippen LogP contribution in [0.15, 0.2) is 24.3 Å². The average molecular weight is 255 g/mol. The highest BCUT2D eigenvalue weighted by Gasteiger charge is 2.36. The lowest BCUT2D eigenvalue weighted by Gasteiger charge is -2.30. The third kappa shape index (κ3) is 2.85. The summed E-state index contributed by atoms with van der Waals surface area (Å²) in [6.07, 6.45) is -0.155. The van der Waals surface area contributed by atoms with E-state index in [4.69, 9.17) is 0 Å². The summed E-state index contributed by atoms with van der Waals surface area (Å²) >= 11 is 0. The number of carbonyl (C=O) groups is 1. The lowest BCUT2D eigenvalue weighted by atomic mass is 9.89. The average Bonchev–Trinajstić information content (AvgIpc) is 2.37. The zero-order valence-electron chi connectivity index (χ0n) is 10.1. The number of hydrogen-bond acceptors (Lipinski definition) is 3. The Hall–Kier alpha value is -1.49. The number of hydrogen-bond donors (Lipinski definition) is 1. The monoisotopic (exact) mass is 255 g/mol. The van der Waals surface area contributed by atoms with Crippen LogP contribution in [-0.2, 0) is 4.74 Å². The predicted octanol–water partition coefficient (Wildman–Crippen LogP) is 2.19. The molecule has 18 heavy (non-hydrogen) atoms. The molecule has 0 saturated carbocycles. The van der Waals surface area contributed by atoms with E-state index >= 15 is 0 Å². The van der Waals surface area contributed by atoms with E-state index in [2.05, 4.69) is 10.1 Å². The first-order chi connectivity index (χ1) is 8.52. The molecule has 1 aliphatic heterocycles. The molecule has 1 aliphatic rings. The van der Waals surface area contributed by atoms with Gasteiger partial charge in [0.05, 0.1) is 19.2 Å². The summed E-state index contributed by atoms with van der Waals surface area (Å²) < 4.78 is 31.1. The minimum absolute atomic E-state index is 0.155. The Bertz CT molecular complexity index is 431. The molecule has 1 atom stereocenters.